The van der Waals surface area contributed by atoms with Crippen molar-refractivity contribution >= 4 is 41.4 Å². The molecule has 13 heavy (non-hydrogen) atoms. The molecule has 0 bridgehead atoms. The van der Waals surface area contributed by atoms with Crippen molar-refractivity contribution in [2.45, 2.75) is 5.75 Å². The summed E-state index contributed by atoms with van der Waals surface area (Å²) in [5, 5.41) is 5.42. The molecule has 7 heteroatoms. The standard InChI is InChI=1S/C6H4ClNO3S2/c7-13(9,10)3-4-6-5(11-8-4)1-2-12-6/h1-2H,3H2. The van der Waals surface area contributed by atoms with Gasteiger partial charge in [-0.1, -0.05) is 5.16 Å². The quantitative estimate of drug-likeness (QED) is 0.749. The van der Waals surface area contributed by atoms with Crippen molar-refractivity contribution in [2.75, 3.05) is 0 Å². The SMILES string of the molecule is O=S(=O)(Cl)Cc1noc2ccsc12. The third kappa shape index (κ3) is 1.84. The van der Waals surface area contributed by atoms with Crippen LogP contribution in [0.5, 0.6) is 0 Å². The summed E-state index contributed by atoms with van der Waals surface area (Å²) in [7, 11) is 1.53. The van der Waals surface area contributed by atoms with Crippen molar-refractivity contribution in [2.24, 2.45) is 0 Å². The molecule has 0 spiro atoms. The average molecular weight is 238 g/mol. The number of fused-ring (bicyclic) bond motifs is 1. The summed E-state index contributed by atoms with van der Waals surface area (Å²) >= 11 is 1.38. The second-order valence-electron chi connectivity index (χ2n) is 2.43. The number of rotatable bonds is 2. The molecule has 2 aromatic heterocycles. The molecule has 0 aromatic carbocycles. The third-order valence-electron chi connectivity index (χ3n) is 1.45. The molecular weight excluding hydrogens is 234 g/mol. The van der Waals surface area contributed by atoms with Gasteiger partial charge in [-0.25, -0.2) is 8.42 Å². The summed E-state index contributed by atoms with van der Waals surface area (Å²) in [5.41, 5.74) is 0.973. The maximum absolute atomic E-state index is 10.8. The Morgan fingerprint density at radius 3 is 3.08 bits per heavy atom. The highest BCUT2D eigenvalue weighted by Crippen LogP contribution is 2.26. The molecule has 0 saturated carbocycles. The summed E-state index contributed by atoms with van der Waals surface area (Å²) in [6.45, 7) is 0. The maximum atomic E-state index is 10.8. The number of hydrogen-bond donors (Lipinski definition) is 0. The van der Waals surface area contributed by atoms with E-state index in [2.05, 4.69) is 5.16 Å². The fraction of sp³-hybridized carbons (Fsp3) is 0.167. The molecule has 0 aliphatic carbocycles. The lowest BCUT2D eigenvalue weighted by Gasteiger charge is -1.88. The molecule has 2 aromatic rings. The molecule has 2 heterocycles. The highest BCUT2D eigenvalue weighted by atomic mass is 35.7. The largest absolute Gasteiger partial charge is 0.355 e. The minimum absolute atomic E-state index is 0.290. The molecule has 2 rings (SSSR count). The molecule has 70 valence electrons. The van der Waals surface area contributed by atoms with E-state index in [0.717, 1.165) is 4.70 Å². The smallest absolute Gasteiger partial charge is 0.238 e. The zero-order valence-corrected chi connectivity index (χ0v) is 8.62. The van der Waals surface area contributed by atoms with Gasteiger partial charge < -0.3 is 4.52 Å². The van der Waals surface area contributed by atoms with E-state index in [0.29, 0.717) is 11.3 Å². The highest BCUT2D eigenvalue weighted by molar-refractivity contribution is 8.13. The Kier molecular flexibility index (Phi) is 2.05. The lowest BCUT2D eigenvalue weighted by Crippen LogP contribution is -1.94. The maximum Gasteiger partial charge on any atom is 0.238 e. The molecule has 0 aliphatic heterocycles. The number of thiophene rings is 1. The van der Waals surface area contributed by atoms with E-state index >= 15 is 0 Å². The van der Waals surface area contributed by atoms with E-state index in [1.807, 2.05) is 0 Å². The first kappa shape index (κ1) is 8.98. The van der Waals surface area contributed by atoms with Crippen molar-refractivity contribution < 1.29 is 12.9 Å². The fourth-order valence-electron chi connectivity index (χ4n) is 0.981. The van der Waals surface area contributed by atoms with Gasteiger partial charge in [0, 0.05) is 10.7 Å². The average Bonchev–Trinajstić information content (AvgIpc) is 2.50. The van der Waals surface area contributed by atoms with Gasteiger partial charge in [0.05, 0.1) is 4.70 Å². The predicted molar refractivity (Wildman–Crippen MR) is 50.4 cm³/mol. The van der Waals surface area contributed by atoms with Gasteiger partial charge in [0.15, 0.2) is 5.58 Å². The summed E-state index contributed by atoms with van der Waals surface area (Å²) in [6.07, 6.45) is 0. The first-order chi connectivity index (χ1) is 6.06. The number of halogens is 1. The van der Waals surface area contributed by atoms with Crippen molar-refractivity contribution in [3.05, 3.63) is 17.1 Å². The van der Waals surface area contributed by atoms with Crippen molar-refractivity contribution in [1.29, 1.82) is 0 Å². The predicted octanol–water partition coefficient (Wildman–Crippen LogP) is 1.96. The van der Waals surface area contributed by atoms with Crippen LogP contribution in [0.1, 0.15) is 5.69 Å². The zero-order valence-electron chi connectivity index (χ0n) is 6.23. The molecule has 0 N–H and O–H groups in total. The lowest BCUT2D eigenvalue weighted by atomic mass is 10.4. The van der Waals surface area contributed by atoms with E-state index < -0.39 is 9.05 Å². The van der Waals surface area contributed by atoms with Gasteiger partial charge in [-0.05, 0) is 11.4 Å². The van der Waals surface area contributed by atoms with Gasteiger partial charge in [0.2, 0.25) is 9.05 Å². The van der Waals surface area contributed by atoms with Crippen LogP contribution in [0.3, 0.4) is 0 Å². The monoisotopic (exact) mass is 237 g/mol. The number of nitrogens with zero attached hydrogens (tertiary/aromatic N) is 1. The van der Waals surface area contributed by atoms with E-state index in [-0.39, 0.29) is 5.75 Å². The Morgan fingerprint density at radius 2 is 2.38 bits per heavy atom. The molecule has 0 fully saturated rings. The van der Waals surface area contributed by atoms with Crippen LogP contribution in [0.15, 0.2) is 16.0 Å². The van der Waals surface area contributed by atoms with Crippen LogP contribution in [0.4, 0.5) is 0 Å². The van der Waals surface area contributed by atoms with Crippen LogP contribution in [-0.2, 0) is 14.8 Å². The third-order valence-corrected chi connectivity index (χ3v) is 3.34. The molecule has 4 nitrogen and oxygen atoms in total. The van der Waals surface area contributed by atoms with E-state index in [1.165, 1.54) is 11.3 Å². The van der Waals surface area contributed by atoms with Gasteiger partial charge in [-0.2, -0.15) is 0 Å². The van der Waals surface area contributed by atoms with Gasteiger partial charge in [0.25, 0.3) is 0 Å². The van der Waals surface area contributed by atoms with Crippen molar-refractivity contribution in [3.8, 4) is 0 Å². The summed E-state index contributed by atoms with van der Waals surface area (Å²) < 4.78 is 27.1. The minimum Gasteiger partial charge on any atom is -0.355 e. The molecule has 0 unspecified atom stereocenters. The number of aromatic nitrogens is 1. The second kappa shape index (κ2) is 2.97. The lowest BCUT2D eigenvalue weighted by molar-refractivity contribution is 0.449. The fourth-order valence-corrected chi connectivity index (χ4v) is 2.70. The molecular formula is C6H4ClNO3S2. The zero-order chi connectivity index (χ0) is 9.47. The molecule has 0 saturated heterocycles. The Labute approximate surface area is 82.5 Å². The first-order valence-corrected chi connectivity index (χ1v) is 6.66. The Hall–Kier alpha value is -0.590. The van der Waals surface area contributed by atoms with Crippen LogP contribution in [0, 0.1) is 0 Å². The first-order valence-electron chi connectivity index (χ1n) is 3.30. The van der Waals surface area contributed by atoms with Gasteiger partial charge in [-0.15, -0.1) is 11.3 Å². The summed E-state index contributed by atoms with van der Waals surface area (Å²) in [4.78, 5) is 0. The van der Waals surface area contributed by atoms with Crippen LogP contribution in [-0.4, -0.2) is 13.6 Å². The Morgan fingerprint density at radius 1 is 1.62 bits per heavy atom. The second-order valence-corrected chi connectivity index (χ2v) is 6.12. The van der Waals surface area contributed by atoms with Crippen LogP contribution >= 0.6 is 22.0 Å². The van der Waals surface area contributed by atoms with Crippen LogP contribution in [0.2, 0.25) is 0 Å². The molecule has 0 amide bonds. The van der Waals surface area contributed by atoms with E-state index in [1.54, 1.807) is 11.4 Å². The Balaban J connectivity index is 2.50. The highest BCUT2D eigenvalue weighted by Gasteiger charge is 2.15. The van der Waals surface area contributed by atoms with E-state index in [9.17, 15) is 8.42 Å². The van der Waals surface area contributed by atoms with Gasteiger partial charge in [0.1, 0.15) is 11.4 Å². The van der Waals surface area contributed by atoms with Gasteiger partial charge in [-0.3, -0.25) is 0 Å². The number of hydrogen-bond acceptors (Lipinski definition) is 5. The van der Waals surface area contributed by atoms with Crippen molar-refractivity contribution in [3.63, 3.8) is 0 Å². The molecule has 0 radical (unpaired) electrons. The normalized spacial score (nSPS) is 12.4. The van der Waals surface area contributed by atoms with E-state index in [4.69, 9.17) is 15.2 Å². The summed E-state index contributed by atoms with van der Waals surface area (Å²) in [5.74, 6) is -0.290. The minimum atomic E-state index is -3.56. The van der Waals surface area contributed by atoms with Gasteiger partial charge >= 0.3 is 0 Å². The van der Waals surface area contributed by atoms with Crippen molar-refractivity contribution in [1.82, 2.24) is 5.16 Å². The van der Waals surface area contributed by atoms with Crippen LogP contribution in [0.25, 0.3) is 10.3 Å². The topological polar surface area (TPSA) is 60.2 Å². The Bertz CT molecular complexity index is 527. The molecule has 0 aliphatic rings. The van der Waals surface area contributed by atoms with Crippen LogP contribution < -0.4 is 0 Å². The molecule has 0 atom stereocenters. The summed E-state index contributed by atoms with van der Waals surface area (Å²) in [6, 6.07) is 1.73.